The van der Waals surface area contributed by atoms with Gasteiger partial charge in [0.1, 0.15) is 11.3 Å². The van der Waals surface area contributed by atoms with Crippen LogP contribution in [-0.4, -0.2) is 47.0 Å². The van der Waals surface area contributed by atoms with E-state index in [2.05, 4.69) is 0 Å². The van der Waals surface area contributed by atoms with Gasteiger partial charge in [-0.15, -0.1) is 0 Å². The summed E-state index contributed by atoms with van der Waals surface area (Å²) < 4.78 is 16.1. The van der Waals surface area contributed by atoms with E-state index in [0.29, 0.717) is 6.61 Å². The minimum absolute atomic E-state index is 0.273. The largest absolute Gasteiger partial charge is 0.463 e. The average molecular weight is 313 g/mol. The Balaban J connectivity index is 3.02. The number of esters is 1. The predicted molar refractivity (Wildman–Crippen MR) is 82.3 cm³/mol. The van der Waals surface area contributed by atoms with Gasteiger partial charge in [-0.1, -0.05) is 0 Å². The summed E-state index contributed by atoms with van der Waals surface area (Å²) >= 11 is 0. The maximum atomic E-state index is 12.5. The minimum Gasteiger partial charge on any atom is -0.463 e. The van der Waals surface area contributed by atoms with Gasteiger partial charge in [0.25, 0.3) is 0 Å². The number of nitrogens with zero attached hydrogens (tertiary/aromatic N) is 1. The highest BCUT2D eigenvalue weighted by molar-refractivity contribution is 5.82. The molecule has 0 aromatic heterocycles. The molecular formula is C16H27NO5. The van der Waals surface area contributed by atoms with E-state index in [9.17, 15) is 9.59 Å². The molecule has 0 radical (unpaired) electrons. The zero-order chi connectivity index (χ0) is 17.2. The van der Waals surface area contributed by atoms with Gasteiger partial charge in [-0.25, -0.2) is 9.59 Å². The smallest absolute Gasteiger partial charge is 0.413 e. The van der Waals surface area contributed by atoms with Gasteiger partial charge in [-0.3, -0.25) is 4.90 Å². The van der Waals surface area contributed by atoms with Crippen LogP contribution in [0.3, 0.4) is 0 Å². The highest BCUT2D eigenvalue weighted by Crippen LogP contribution is 2.37. The highest BCUT2D eigenvalue weighted by atomic mass is 16.6. The summed E-state index contributed by atoms with van der Waals surface area (Å²) in [7, 11) is 0. The average Bonchev–Trinajstić information content (AvgIpc) is 2.56. The Labute approximate surface area is 132 Å². The van der Waals surface area contributed by atoms with Crippen LogP contribution in [0.4, 0.5) is 4.79 Å². The molecule has 126 valence electrons. The second-order valence-electron chi connectivity index (χ2n) is 6.99. The SMILES string of the molecule is CCOC(=O)/C=C/[C@@]1(C)COC(C)(C)N1C(=O)OC(C)(C)C. The van der Waals surface area contributed by atoms with E-state index in [0.717, 1.165) is 0 Å². The number of hydrogen-bond donors (Lipinski definition) is 0. The number of amides is 1. The van der Waals surface area contributed by atoms with Crippen LogP contribution in [0.25, 0.3) is 0 Å². The Bertz CT molecular complexity index is 464. The first-order valence-electron chi connectivity index (χ1n) is 7.44. The molecule has 1 amide bonds. The van der Waals surface area contributed by atoms with E-state index in [1.807, 2.05) is 6.92 Å². The second-order valence-corrected chi connectivity index (χ2v) is 6.99. The van der Waals surface area contributed by atoms with E-state index in [4.69, 9.17) is 14.2 Å². The summed E-state index contributed by atoms with van der Waals surface area (Å²) in [6.07, 6.45) is 2.47. The predicted octanol–water partition coefficient (Wildman–Crippen LogP) is 2.87. The van der Waals surface area contributed by atoms with Gasteiger partial charge in [-0.05, 0) is 54.5 Å². The summed E-state index contributed by atoms with van der Waals surface area (Å²) in [6, 6.07) is 0. The quantitative estimate of drug-likeness (QED) is 0.592. The van der Waals surface area contributed by atoms with Crippen molar-refractivity contribution in [2.24, 2.45) is 0 Å². The molecule has 0 aromatic rings. The molecule has 0 aliphatic carbocycles. The van der Waals surface area contributed by atoms with Crippen LogP contribution in [0, 0.1) is 0 Å². The molecule has 6 heteroatoms. The normalized spacial score (nSPS) is 24.6. The Morgan fingerprint density at radius 2 is 1.86 bits per heavy atom. The van der Waals surface area contributed by atoms with Crippen LogP contribution in [0.1, 0.15) is 48.5 Å². The van der Waals surface area contributed by atoms with Crippen molar-refractivity contribution in [2.45, 2.75) is 65.3 Å². The van der Waals surface area contributed by atoms with Crippen LogP contribution in [0.15, 0.2) is 12.2 Å². The Kier molecular flexibility index (Phi) is 5.28. The molecule has 1 aliphatic heterocycles. The molecule has 0 saturated carbocycles. The fourth-order valence-electron chi connectivity index (χ4n) is 2.36. The standard InChI is InChI=1S/C16H27NO5/c1-8-20-12(18)9-10-16(7)11-21-15(5,6)17(16)13(19)22-14(2,3)4/h9-10H,8,11H2,1-7H3/b10-9+/t16-/m0/s1. The molecule has 22 heavy (non-hydrogen) atoms. The maximum Gasteiger partial charge on any atom is 0.413 e. The molecule has 1 atom stereocenters. The van der Waals surface area contributed by atoms with Crippen molar-refractivity contribution in [3.63, 3.8) is 0 Å². The third-order valence-corrected chi connectivity index (χ3v) is 3.21. The summed E-state index contributed by atoms with van der Waals surface area (Å²) in [5.41, 5.74) is -2.21. The lowest BCUT2D eigenvalue weighted by Crippen LogP contribution is -2.54. The summed E-state index contributed by atoms with van der Waals surface area (Å²) in [4.78, 5) is 25.6. The second kappa shape index (κ2) is 6.28. The molecule has 0 unspecified atom stereocenters. The van der Waals surface area contributed by atoms with Crippen molar-refractivity contribution in [3.8, 4) is 0 Å². The van der Waals surface area contributed by atoms with Crippen LogP contribution < -0.4 is 0 Å². The van der Waals surface area contributed by atoms with Gasteiger partial charge in [0.2, 0.25) is 0 Å². The van der Waals surface area contributed by atoms with Crippen molar-refractivity contribution in [3.05, 3.63) is 12.2 Å². The summed E-state index contributed by atoms with van der Waals surface area (Å²) in [5, 5.41) is 0. The topological polar surface area (TPSA) is 65.1 Å². The molecule has 0 bridgehead atoms. The van der Waals surface area contributed by atoms with Crippen LogP contribution in [0.2, 0.25) is 0 Å². The van der Waals surface area contributed by atoms with Crippen molar-refractivity contribution in [1.29, 1.82) is 0 Å². The van der Waals surface area contributed by atoms with E-state index in [-0.39, 0.29) is 6.61 Å². The van der Waals surface area contributed by atoms with Gasteiger partial charge >= 0.3 is 12.1 Å². The molecule has 1 saturated heterocycles. The molecule has 1 heterocycles. The lowest BCUT2D eigenvalue weighted by atomic mass is 10.0. The number of rotatable bonds is 3. The van der Waals surface area contributed by atoms with Crippen LogP contribution in [0.5, 0.6) is 0 Å². The number of carbonyl (C=O) groups excluding carboxylic acids is 2. The van der Waals surface area contributed by atoms with E-state index < -0.39 is 28.9 Å². The highest BCUT2D eigenvalue weighted by Gasteiger charge is 2.51. The molecular weight excluding hydrogens is 286 g/mol. The number of hydrogen-bond acceptors (Lipinski definition) is 5. The molecule has 6 nitrogen and oxygen atoms in total. The Morgan fingerprint density at radius 3 is 2.36 bits per heavy atom. The fourth-order valence-corrected chi connectivity index (χ4v) is 2.36. The number of carbonyl (C=O) groups is 2. The first-order valence-corrected chi connectivity index (χ1v) is 7.44. The minimum atomic E-state index is -0.823. The number of ether oxygens (including phenoxy) is 3. The zero-order valence-corrected chi connectivity index (χ0v) is 14.6. The first kappa shape index (κ1) is 18.5. The van der Waals surface area contributed by atoms with Crippen molar-refractivity contribution in [1.82, 2.24) is 4.90 Å². The molecule has 1 aliphatic rings. The fraction of sp³-hybridized carbons (Fsp3) is 0.750. The van der Waals surface area contributed by atoms with Gasteiger partial charge in [0.05, 0.1) is 18.8 Å². The lowest BCUT2D eigenvalue weighted by Gasteiger charge is -2.38. The molecule has 0 aromatic carbocycles. The summed E-state index contributed by atoms with van der Waals surface area (Å²) in [5.74, 6) is -0.447. The maximum absolute atomic E-state index is 12.5. The van der Waals surface area contributed by atoms with E-state index in [1.165, 1.54) is 11.0 Å². The van der Waals surface area contributed by atoms with Crippen molar-refractivity contribution < 1.29 is 23.8 Å². The third kappa shape index (κ3) is 4.47. The van der Waals surface area contributed by atoms with Crippen molar-refractivity contribution in [2.75, 3.05) is 13.2 Å². The monoisotopic (exact) mass is 313 g/mol. The van der Waals surface area contributed by atoms with Crippen LogP contribution in [-0.2, 0) is 19.0 Å². The molecule has 1 fully saturated rings. The van der Waals surface area contributed by atoms with E-state index >= 15 is 0 Å². The van der Waals surface area contributed by atoms with Gasteiger partial charge in [0, 0.05) is 6.08 Å². The third-order valence-electron chi connectivity index (χ3n) is 3.21. The molecule has 0 N–H and O–H groups in total. The Hall–Kier alpha value is -1.56. The molecule has 1 rings (SSSR count). The van der Waals surface area contributed by atoms with Gasteiger partial charge in [0.15, 0.2) is 0 Å². The van der Waals surface area contributed by atoms with Gasteiger partial charge < -0.3 is 14.2 Å². The van der Waals surface area contributed by atoms with Crippen LogP contribution >= 0.6 is 0 Å². The first-order chi connectivity index (χ1) is 9.91. The lowest BCUT2D eigenvalue weighted by molar-refractivity contribution is -0.137. The molecule has 0 spiro atoms. The van der Waals surface area contributed by atoms with E-state index in [1.54, 1.807) is 47.6 Å². The zero-order valence-electron chi connectivity index (χ0n) is 14.6. The Morgan fingerprint density at radius 1 is 1.27 bits per heavy atom. The summed E-state index contributed by atoms with van der Waals surface area (Å²) in [6.45, 7) is 13.1. The van der Waals surface area contributed by atoms with Crippen molar-refractivity contribution >= 4 is 12.1 Å². The van der Waals surface area contributed by atoms with Gasteiger partial charge in [-0.2, -0.15) is 0 Å².